The first-order chi connectivity index (χ1) is 52.1. The minimum atomic E-state index is -1.35. The van der Waals surface area contributed by atoms with Crippen molar-refractivity contribution < 1.29 is 71.5 Å². The molecule has 0 saturated heterocycles. The van der Waals surface area contributed by atoms with Crippen LogP contribution >= 0.6 is 0 Å². The van der Waals surface area contributed by atoms with Crippen LogP contribution in [0.25, 0.3) is 0 Å². The lowest BCUT2D eigenvalue weighted by molar-refractivity contribution is -0.176. The van der Waals surface area contributed by atoms with E-state index in [9.17, 15) is 51.1 Å². The fourth-order valence-electron chi connectivity index (χ4n) is 14.4. The minimum Gasteiger partial charge on any atom is -0.391 e. The lowest BCUT2D eigenvalue weighted by atomic mass is 9.72. The molecule has 0 spiro atoms. The SMILES string of the molecule is CC(C)C(C)(O)C(C)(O)C(C)C.CC(O)(c1ccccc1)C(C)(O)c1ccccc1.CCCCCCCCC(O)C(C)O.CCCCCCCCCCC(O)C(C)O.CCCCCCCCCCCCC(O)C(C)O.CCCCCCCCCCCCCCC(O)C(C)O.OC(C1CCCCC1)C(O)C1CCCCC1. The quantitative estimate of drug-likeness (QED) is 0.0274. The molecule has 2 aromatic carbocycles. The van der Waals surface area contributed by atoms with Gasteiger partial charge in [-0.1, -0.05) is 386 Å². The van der Waals surface area contributed by atoms with Crippen LogP contribution < -0.4 is 0 Å². The van der Waals surface area contributed by atoms with E-state index < -0.39 is 83.4 Å². The fourth-order valence-corrected chi connectivity index (χ4v) is 14.4. The van der Waals surface area contributed by atoms with Gasteiger partial charge in [0.1, 0.15) is 11.2 Å². The Bertz CT molecular complexity index is 2100. The number of aliphatic hydroxyl groups is 14. The van der Waals surface area contributed by atoms with Gasteiger partial charge in [0.05, 0.1) is 72.2 Å². The zero-order valence-corrected chi connectivity index (χ0v) is 74.5. The lowest BCUT2D eigenvalue weighted by Gasteiger charge is -2.44. The lowest BCUT2D eigenvalue weighted by Crippen LogP contribution is -2.56. The molecule has 14 atom stereocenters. The van der Waals surface area contributed by atoms with Crippen molar-refractivity contribution in [1.29, 1.82) is 0 Å². The Morgan fingerprint density at radius 3 is 0.600 bits per heavy atom. The molecule has 0 aromatic heterocycles. The molecule has 2 fully saturated rings. The molecule has 14 nitrogen and oxygen atoms in total. The van der Waals surface area contributed by atoms with Gasteiger partial charge in [0.25, 0.3) is 0 Å². The van der Waals surface area contributed by atoms with Gasteiger partial charge in [-0.3, -0.25) is 0 Å². The van der Waals surface area contributed by atoms with E-state index >= 15 is 0 Å². The normalized spacial score (nSPS) is 18.3. The number of unbranched alkanes of at least 4 members (excludes halogenated alkanes) is 32. The summed E-state index contributed by atoms with van der Waals surface area (Å²) in [6, 6.07) is 18.4. The smallest absolute Gasteiger partial charge is 0.119 e. The van der Waals surface area contributed by atoms with Crippen LogP contribution in [0.5, 0.6) is 0 Å². The number of benzene rings is 2. The zero-order chi connectivity index (χ0) is 83.7. The molecule has 2 aliphatic rings. The Balaban J connectivity index is -0.00000122. The van der Waals surface area contributed by atoms with Crippen LogP contribution in [0.2, 0.25) is 0 Å². The van der Waals surface area contributed by atoms with Crippen LogP contribution in [0, 0.1) is 23.7 Å². The third-order valence-corrected chi connectivity index (χ3v) is 24.1. The van der Waals surface area contributed by atoms with Crippen molar-refractivity contribution in [3.8, 4) is 0 Å². The third-order valence-electron chi connectivity index (χ3n) is 24.1. The van der Waals surface area contributed by atoms with E-state index in [2.05, 4.69) is 27.7 Å². The predicted molar refractivity (Wildman–Crippen MR) is 466 cm³/mol. The van der Waals surface area contributed by atoms with Gasteiger partial charge in [0, 0.05) is 0 Å². The van der Waals surface area contributed by atoms with Crippen molar-refractivity contribution in [1.82, 2.24) is 0 Å². The van der Waals surface area contributed by atoms with Crippen LogP contribution in [-0.2, 0) is 11.2 Å². The van der Waals surface area contributed by atoms with Crippen LogP contribution in [0.1, 0.15) is 443 Å². The maximum Gasteiger partial charge on any atom is 0.119 e. The molecule has 2 saturated carbocycles. The van der Waals surface area contributed by atoms with Gasteiger partial charge >= 0.3 is 0 Å². The number of rotatable bonds is 53. The second kappa shape index (κ2) is 71.0. The molecule has 0 amide bonds. The van der Waals surface area contributed by atoms with E-state index in [0.717, 1.165) is 77.0 Å². The van der Waals surface area contributed by atoms with Crippen molar-refractivity contribution in [3.63, 3.8) is 0 Å². The van der Waals surface area contributed by atoms with Crippen molar-refractivity contribution in [3.05, 3.63) is 71.8 Å². The van der Waals surface area contributed by atoms with E-state index in [1.54, 1.807) is 55.4 Å². The van der Waals surface area contributed by atoms with Gasteiger partial charge in [-0.2, -0.15) is 0 Å². The topological polar surface area (TPSA) is 283 Å². The zero-order valence-electron chi connectivity index (χ0n) is 74.5. The summed E-state index contributed by atoms with van der Waals surface area (Å²) in [5, 5.41) is 136. The molecule has 4 rings (SSSR count). The van der Waals surface area contributed by atoms with Gasteiger partial charge < -0.3 is 71.5 Å². The summed E-state index contributed by atoms with van der Waals surface area (Å²) in [5.41, 5.74) is -3.37. The van der Waals surface area contributed by atoms with E-state index in [0.29, 0.717) is 23.0 Å². The predicted octanol–water partition coefficient (Wildman–Crippen LogP) is 22.1. The standard InChI is InChI=1S/C17H36O2.C16H18O2.C15H32O2.C14H26O2.C13H28O2.C11H24O2.C10H22O2/c1-3-4-5-6-7-8-9-10-11-12-13-14-15-17(19)16(2)18;1-15(17,13-9-5-3-6-10-13)16(2,18)14-11-7-4-8-12-14;1-3-4-5-6-7-8-9-10-11-12-13-15(17)14(2)16;15-13(11-7-3-1-4-8-11)14(16)12-9-5-2-6-10-12;1-3-4-5-6-7-8-9-10-11-13(15)12(2)14;1-3-4-5-6-7-8-9-11(13)10(2)12;1-7(2)9(5,11)10(6,12)8(3)4/h16-19H,3-15H2,1-2H3;3-12,17-18H,1-2H3;14-17H,3-13H2,1-2H3;11-16H,1-10H2;12-15H,3-11H2,1-2H3;10-13H,3-9H2,1-2H3;7-8,11-12H,1-6H3. The van der Waals surface area contributed by atoms with E-state index in [-0.39, 0.29) is 11.8 Å². The largest absolute Gasteiger partial charge is 0.391 e. The molecule has 110 heavy (non-hydrogen) atoms. The molecule has 2 aliphatic carbocycles. The number of hydrogen-bond donors (Lipinski definition) is 14. The average Bonchev–Trinajstić information content (AvgIpc) is 0.767. The summed E-state index contributed by atoms with van der Waals surface area (Å²) in [6.45, 7) is 29.9. The average molecular weight is 1560 g/mol. The Labute approximate surface area is 678 Å². The molecule has 14 unspecified atom stereocenters. The minimum absolute atomic E-state index is 0.0508. The molecule has 2 aromatic rings. The molecular formula is C96H186O14. The van der Waals surface area contributed by atoms with E-state index in [1.165, 1.54) is 244 Å². The molecule has 14 N–H and O–H groups in total. The molecular weight excluding hydrogens is 1380 g/mol. The summed E-state index contributed by atoms with van der Waals surface area (Å²) in [7, 11) is 0. The molecule has 0 radical (unpaired) electrons. The molecule has 14 heteroatoms. The summed E-state index contributed by atoms with van der Waals surface area (Å²) in [5.74, 6) is 0.834. The fraction of sp³-hybridized carbons (Fsp3) is 0.875. The molecule has 0 bridgehead atoms. The van der Waals surface area contributed by atoms with Gasteiger partial charge in [-0.25, -0.2) is 0 Å². The van der Waals surface area contributed by atoms with E-state index in [4.69, 9.17) is 20.4 Å². The van der Waals surface area contributed by atoms with Crippen LogP contribution in [0.4, 0.5) is 0 Å². The Hall–Kier alpha value is -2.12. The number of aliphatic hydroxyl groups excluding tert-OH is 10. The van der Waals surface area contributed by atoms with Gasteiger partial charge in [-0.05, 0) is 142 Å². The maximum atomic E-state index is 10.7. The van der Waals surface area contributed by atoms with Crippen molar-refractivity contribution in [2.24, 2.45) is 23.7 Å². The molecule has 0 heterocycles. The summed E-state index contributed by atoms with van der Waals surface area (Å²) < 4.78 is 0. The first kappa shape index (κ1) is 112. The number of hydrogen-bond acceptors (Lipinski definition) is 14. The van der Waals surface area contributed by atoms with Crippen molar-refractivity contribution in [2.45, 2.75) is 515 Å². The van der Waals surface area contributed by atoms with Gasteiger partial charge in [0.2, 0.25) is 0 Å². The summed E-state index contributed by atoms with van der Waals surface area (Å²) >= 11 is 0. The molecule has 0 aliphatic heterocycles. The summed E-state index contributed by atoms with van der Waals surface area (Å²) in [6.07, 6.45) is 56.4. The van der Waals surface area contributed by atoms with E-state index in [1.807, 2.05) is 88.4 Å². The Morgan fingerprint density at radius 1 is 0.264 bits per heavy atom. The van der Waals surface area contributed by atoms with Crippen molar-refractivity contribution in [2.75, 3.05) is 0 Å². The highest BCUT2D eigenvalue weighted by Gasteiger charge is 2.46. The first-order valence-corrected chi connectivity index (χ1v) is 45.9. The van der Waals surface area contributed by atoms with Gasteiger partial charge in [-0.15, -0.1) is 0 Å². The maximum absolute atomic E-state index is 10.7. The highest BCUT2D eigenvalue weighted by Crippen LogP contribution is 2.40. The second-order valence-corrected chi connectivity index (χ2v) is 35.0. The highest BCUT2D eigenvalue weighted by atomic mass is 16.4. The third kappa shape index (κ3) is 56.3. The van der Waals surface area contributed by atoms with Gasteiger partial charge in [0.15, 0.2) is 0 Å². The molecule has 654 valence electrons. The van der Waals surface area contributed by atoms with Crippen LogP contribution in [0.15, 0.2) is 60.7 Å². The second-order valence-electron chi connectivity index (χ2n) is 35.0. The first-order valence-electron chi connectivity index (χ1n) is 45.9. The highest BCUT2D eigenvalue weighted by molar-refractivity contribution is 5.32. The Morgan fingerprint density at radius 2 is 0.436 bits per heavy atom. The van der Waals surface area contributed by atoms with Crippen LogP contribution in [-0.4, -0.2) is 144 Å². The summed E-state index contributed by atoms with van der Waals surface area (Å²) in [4.78, 5) is 0. The monoisotopic (exact) mass is 1560 g/mol. The Kier molecular flexibility index (Phi) is 72.3. The van der Waals surface area contributed by atoms with Crippen LogP contribution in [0.3, 0.4) is 0 Å². The van der Waals surface area contributed by atoms with Crippen molar-refractivity contribution >= 4 is 0 Å².